The van der Waals surface area contributed by atoms with Gasteiger partial charge in [-0.1, -0.05) is 0 Å². The average Bonchev–Trinajstić information content (AvgIpc) is 2.98. The molecule has 3 N–H and O–H groups in total. The highest BCUT2D eigenvalue weighted by atomic mass is 32.1. The van der Waals surface area contributed by atoms with E-state index < -0.39 is 0 Å². The summed E-state index contributed by atoms with van der Waals surface area (Å²) in [5.41, 5.74) is 3.85. The monoisotopic (exact) mass is 274 g/mol. The Bertz CT molecular complexity index is 715. The van der Waals surface area contributed by atoms with E-state index in [0.29, 0.717) is 18.2 Å². The quantitative estimate of drug-likeness (QED) is 0.562. The van der Waals surface area contributed by atoms with Crippen LogP contribution in [0.15, 0.2) is 18.5 Å². The molecule has 0 aliphatic heterocycles. The molecule has 0 radical (unpaired) electrons. The number of hydrogen-bond donors (Lipinski definition) is 2. The van der Waals surface area contributed by atoms with Crippen LogP contribution in [0.25, 0.3) is 10.2 Å². The van der Waals surface area contributed by atoms with Crippen molar-refractivity contribution in [1.82, 2.24) is 19.7 Å². The number of hydrogen-bond acceptors (Lipinski definition) is 6. The third-order valence-corrected chi connectivity index (χ3v) is 4.18. The molecule has 98 valence electrons. The van der Waals surface area contributed by atoms with Crippen molar-refractivity contribution in [1.29, 1.82) is 0 Å². The smallest absolute Gasteiger partial charge is 0.153 e. The number of nitrogens with zero attached hydrogens (tertiary/aromatic N) is 4. The van der Waals surface area contributed by atoms with Crippen molar-refractivity contribution in [3.8, 4) is 0 Å². The van der Waals surface area contributed by atoms with Crippen LogP contribution in [0, 0.1) is 13.8 Å². The molecule has 0 aromatic carbocycles. The molecule has 3 rings (SSSR count). The van der Waals surface area contributed by atoms with Crippen molar-refractivity contribution in [3.05, 3.63) is 34.7 Å². The molecule has 0 aliphatic carbocycles. The third kappa shape index (κ3) is 2.06. The van der Waals surface area contributed by atoms with Crippen molar-refractivity contribution < 1.29 is 0 Å². The molecule has 0 amide bonds. The molecule has 0 atom stereocenters. The van der Waals surface area contributed by atoms with Crippen LogP contribution in [0.2, 0.25) is 0 Å². The highest BCUT2D eigenvalue weighted by Crippen LogP contribution is 2.32. The molecule has 0 bridgehead atoms. The Morgan fingerprint density at radius 3 is 2.89 bits per heavy atom. The maximum Gasteiger partial charge on any atom is 0.153 e. The number of rotatable bonds is 3. The van der Waals surface area contributed by atoms with E-state index in [1.807, 2.05) is 12.3 Å². The van der Waals surface area contributed by atoms with Crippen molar-refractivity contribution in [2.75, 3.05) is 5.43 Å². The summed E-state index contributed by atoms with van der Waals surface area (Å²) in [5, 5.41) is 5.17. The predicted octanol–water partition coefficient (Wildman–Crippen LogP) is 1.84. The molecule has 6 nitrogen and oxygen atoms in total. The van der Waals surface area contributed by atoms with Crippen molar-refractivity contribution in [2.45, 2.75) is 20.4 Å². The minimum absolute atomic E-state index is 0.535. The van der Waals surface area contributed by atoms with Crippen LogP contribution in [0.5, 0.6) is 0 Å². The van der Waals surface area contributed by atoms with Crippen LogP contribution in [-0.4, -0.2) is 19.7 Å². The highest BCUT2D eigenvalue weighted by molar-refractivity contribution is 7.18. The van der Waals surface area contributed by atoms with Gasteiger partial charge >= 0.3 is 0 Å². The van der Waals surface area contributed by atoms with Crippen molar-refractivity contribution >= 4 is 27.4 Å². The number of aryl methyl sites for hydroxylation is 2. The van der Waals surface area contributed by atoms with Crippen LogP contribution in [0.4, 0.5) is 5.82 Å². The summed E-state index contributed by atoms with van der Waals surface area (Å²) in [6, 6.07) is 1.88. The predicted molar refractivity (Wildman–Crippen MR) is 76.0 cm³/mol. The molecule has 3 aromatic heterocycles. The molecule has 0 aliphatic rings. The fourth-order valence-corrected chi connectivity index (χ4v) is 3.06. The van der Waals surface area contributed by atoms with Crippen LogP contribution in [0.1, 0.15) is 16.3 Å². The lowest BCUT2D eigenvalue weighted by Crippen LogP contribution is -2.12. The zero-order valence-electron chi connectivity index (χ0n) is 10.7. The van der Waals surface area contributed by atoms with E-state index in [0.717, 1.165) is 10.2 Å². The molecule has 0 fully saturated rings. The molecule has 0 spiro atoms. The maximum atomic E-state index is 5.58. The fraction of sp³-hybridized carbons (Fsp3) is 0.250. The van der Waals surface area contributed by atoms with E-state index >= 15 is 0 Å². The van der Waals surface area contributed by atoms with Crippen LogP contribution < -0.4 is 11.3 Å². The largest absolute Gasteiger partial charge is 0.308 e. The number of fused-ring (bicyclic) bond motifs is 1. The first-order valence-electron chi connectivity index (χ1n) is 5.89. The zero-order valence-corrected chi connectivity index (χ0v) is 11.5. The number of thiophene rings is 1. The van der Waals surface area contributed by atoms with E-state index in [-0.39, 0.29) is 0 Å². The van der Waals surface area contributed by atoms with E-state index in [9.17, 15) is 0 Å². The van der Waals surface area contributed by atoms with Gasteiger partial charge in [0.1, 0.15) is 11.4 Å². The van der Waals surface area contributed by atoms with Gasteiger partial charge < -0.3 is 5.43 Å². The van der Waals surface area contributed by atoms with Gasteiger partial charge in [0, 0.05) is 17.3 Å². The van der Waals surface area contributed by atoms with E-state index in [2.05, 4.69) is 34.3 Å². The van der Waals surface area contributed by atoms with Gasteiger partial charge in [0.25, 0.3) is 0 Å². The van der Waals surface area contributed by atoms with Gasteiger partial charge in [-0.15, -0.1) is 11.3 Å². The minimum atomic E-state index is 0.535. The summed E-state index contributed by atoms with van der Waals surface area (Å²) < 4.78 is 1.79. The SMILES string of the molecule is Cc1sc2nc(Cn3cccn3)nc(NN)c2c1C. The molecule has 0 saturated heterocycles. The Morgan fingerprint density at radius 1 is 1.37 bits per heavy atom. The lowest BCUT2D eigenvalue weighted by Gasteiger charge is -2.06. The molecule has 3 heterocycles. The molecular weight excluding hydrogens is 260 g/mol. The van der Waals surface area contributed by atoms with Gasteiger partial charge in [-0.05, 0) is 25.5 Å². The molecule has 3 aromatic rings. The third-order valence-electron chi connectivity index (χ3n) is 3.07. The summed E-state index contributed by atoms with van der Waals surface area (Å²) in [6.45, 7) is 4.67. The van der Waals surface area contributed by atoms with Crippen molar-refractivity contribution in [2.24, 2.45) is 5.84 Å². The van der Waals surface area contributed by atoms with Crippen molar-refractivity contribution in [3.63, 3.8) is 0 Å². The van der Waals surface area contributed by atoms with Gasteiger partial charge in [-0.25, -0.2) is 15.8 Å². The van der Waals surface area contributed by atoms with Crippen LogP contribution in [-0.2, 0) is 6.54 Å². The number of anilines is 1. The maximum absolute atomic E-state index is 5.58. The van der Waals surface area contributed by atoms with E-state index in [1.165, 1.54) is 10.4 Å². The average molecular weight is 274 g/mol. The Morgan fingerprint density at radius 2 is 2.21 bits per heavy atom. The van der Waals surface area contributed by atoms with E-state index in [4.69, 9.17) is 5.84 Å². The molecule has 0 saturated carbocycles. The van der Waals surface area contributed by atoms with E-state index in [1.54, 1.807) is 22.2 Å². The summed E-state index contributed by atoms with van der Waals surface area (Å²) in [4.78, 5) is 11.3. The fourth-order valence-electron chi connectivity index (χ4n) is 2.01. The summed E-state index contributed by atoms with van der Waals surface area (Å²) >= 11 is 1.66. The van der Waals surface area contributed by atoms with Gasteiger partial charge in [-0.3, -0.25) is 4.68 Å². The second-order valence-corrected chi connectivity index (χ2v) is 5.50. The Hall–Kier alpha value is -1.99. The minimum Gasteiger partial charge on any atom is -0.308 e. The molecule has 0 unspecified atom stereocenters. The standard InChI is InChI=1S/C12H14N6S/c1-7-8(2)19-12-10(7)11(17-13)15-9(16-12)6-18-5-3-4-14-18/h3-5H,6,13H2,1-2H3,(H,15,16,17). The van der Waals surface area contributed by atoms with Crippen LogP contribution >= 0.6 is 11.3 Å². The first-order chi connectivity index (χ1) is 9.19. The number of nitrogens with one attached hydrogen (secondary N) is 1. The first kappa shape index (κ1) is 12.1. The molecule has 19 heavy (non-hydrogen) atoms. The Labute approximate surface area is 114 Å². The van der Waals surface area contributed by atoms with Gasteiger partial charge in [0.2, 0.25) is 0 Å². The lowest BCUT2D eigenvalue weighted by molar-refractivity contribution is 0.659. The highest BCUT2D eigenvalue weighted by Gasteiger charge is 2.14. The number of hydrazine groups is 1. The number of aromatic nitrogens is 4. The first-order valence-corrected chi connectivity index (χ1v) is 6.71. The second-order valence-electron chi connectivity index (χ2n) is 4.30. The zero-order chi connectivity index (χ0) is 13.4. The summed E-state index contributed by atoms with van der Waals surface area (Å²) in [7, 11) is 0. The summed E-state index contributed by atoms with van der Waals surface area (Å²) in [5.74, 6) is 6.95. The topological polar surface area (TPSA) is 81.7 Å². The number of nitrogen functional groups attached to an aromatic ring is 1. The lowest BCUT2D eigenvalue weighted by atomic mass is 10.2. The normalized spacial score (nSPS) is 11.1. The van der Waals surface area contributed by atoms with Gasteiger partial charge in [-0.2, -0.15) is 5.10 Å². The molecular formula is C12H14N6S. The van der Waals surface area contributed by atoms with Gasteiger partial charge in [0.05, 0.1) is 5.39 Å². The number of nitrogens with two attached hydrogens (primary N) is 1. The van der Waals surface area contributed by atoms with Gasteiger partial charge in [0.15, 0.2) is 11.6 Å². The Balaban J connectivity index is 2.12. The Kier molecular flexibility index (Phi) is 2.92. The summed E-state index contributed by atoms with van der Waals surface area (Å²) in [6.07, 6.45) is 3.62. The molecule has 7 heteroatoms. The second kappa shape index (κ2) is 4.60. The van der Waals surface area contributed by atoms with Crippen LogP contribution in [0.3, 0.4) is 0 Å².